The first kappa shape index (κ1) is 12.6. The SMILES string of the molecule is Cc1cscc1CNC(=O)c1cc(F)ccc1O. The topological polar surface area (TPSA) is 49.3 Å². The monoisotopic (exact) mass is 265 g/mol. The Morgan fingerprint density at radius 2 is 2.22 bits per heavy atom. The van der Waals surface area contributed by atoms with Crippen LogP contribution in [0.4, 0.5) is 4.39 Å². The summed E-state index contributed by atoms with van der Waals surface area (Å²) in [5.41, 5.74) is 2.07. The van der Waals surface area contributed by atoms with E-state index in [2.05, 4.69) is 5.32 Å². The van der Waals surface area contributed by atoms with Gasteiger partial charge in [0.15, 0.2) is 0 Å². The van der Waals surface area contributed by atoms with Gasteiger partial charge in [-0.05, 0) is 47.0 Å². The number of hydrogen-bond acceptors (Lipinski definition) is 3. The molecule has 0 saturated carbocycles. The Bertz CT molecular complexity index is 580. The zero-order chi connectivity index (χ0) is 13.1. The molecule has 0 spiro atoms. The van der Waals surface area contributed by atoms with Gasteiger partial charge < -0.3 is 10.4 Å². The molecule has 0 aliphatic heterocycles. The van der Waals surface area contributed by atoms with Crippen molar-refractivity contribution in [1.82, 2.24) is 5.32 Å². The average Bonchev–Trinajstić information content (AvgIpc) is 2.75. The predicted molar refractivity (Wildman–Crippen MR) is 68.3 cm³/mol. The highest BCUT2D eigenvalue weighted by molar-refractivity contribution is 7.08. The van der Waals surface area contributed by atoms with Crippen molar-refractivity contribution in [3.8, 4) is 5.75 Å². The van der Waals surface area contributed by atoms with Crippen molar-refractivity contribution in [3.05, 3.63) is 51.5 Å². The molecule has 0 aliphatic rings. The minimum absolute atomic E-state index is 0.0529. The zero-order valence-corrected chi connectivity index (χ0v) is 10.6. The van der Waals surface area contributed by atoms with Gasteiger partial charge in [-0.15, -0.1) is 0 Å². The van der Waals surface area contributed by atoms with Crippen molar-refractivity contribution in [3.63, 3.8) is 0 Å². The number of aromatic hydroxyl groups is 1. The molecule has 1 aromatic heterocycles. The van der Waals surface area contributed by atoms with Crippen molar-refractivity contribution in [2.45, 2.75) is 13.5 Å². The molecule has 0 fully saturated rings. The Kier molecular flexibility index (Phi) is 3.62. The molecule has 0 bridgehead atoms. The largest absolute Gasteiger partial charge is 0.507 e. The highest BCUT2D eigenvalue weighted by Gasteiger charge is 2.12. The molecule has 0 aliphatic carbocycles. The van der Waals surface area contributed by atoms with Crippen molar-refractivity contribution < 1.29 is 14.3 Å². The van der Waals surface area contributed by atoms with E-state index in [-0.39, 0.29) is 11.3 Å². The normalized spacial score (nSPS) is 10.3. The molecule has 0 unspecified atom stereocenters. The van der Waals surface area contributed by atoms with E-state index in [4.69, 9.17) is 0 Å². The molecule has 18 heavy (non-hydrogen) atoms. The van der Waals surface area contributed by atoms with Crippen molar-refractivity contribution >= 4 is 17.2 Å². The lowest BCUT2D eigenvalue weighted by Crippen LogP contribution is -2.23. The van der Waals surface area contributed by atoms with Crippen LogP contribution in [0.3, 0.4) is 0 Å². The van der Waals surface area contributed by atoms with Gasteiger partial charge in [0.1, 0.15) is 11.6 Å². The van der Waals surface area contributed by atoms with E-state index in [1.807, 2.05) is 17.7 Å². The lowest BCUT2D eigenvalue weighted by atomic mass is 10.1. The summed E-state index contributed by atoms with van der Waals surface area (Å²) in [5.74, 6) is -1.27. The Morgan fingerprint density at radius 1 is 1.44 bits per heavy atom. The smallest absolute Gasteiger partial charge is 0.255 e. The van der Waals surface area contributed by atoms with Crippen LogP contribution in [0.2, 0.25) is 0 Å². The third kappa shape index (κ3) is 2.68. The van der Waals surface area contributed by atoms with Gasteiger partial charge in [0.2, 0.25) is 0 Å². The Morgan fingerprint density at radius 3 is 2.89 bits per heavy atom. The van der Waals surface area contributed by atoms with E-state index in [0.29, 0.717) is 6.54 Å². The van der Waals surface area contributed by atoms with Gasteiger partial charge in [-0.25, -0.2) is 4.39 Å². The van der Waals surface area contributed by atoms with E-state index < -0.39 is 11.7 Å². The summed E-state index contributed by atoms with van der Waals surface area (Å²) in [6.45, 7) is 2.32. The maximum atomic E-state index is 13.0. The number of phenols is 1. The minimum atomic E-state index is -0.551. The van der Waals surface area contributed by atoms with Crippen LogP contribution < -0.4 is 5.32 Å². The number of carbonyl (C=O) groups is 1. The van der Waals surface area contributed by atoms with E-state index in [9.17, 15) is 14.3 Å². The summed E-state index contributed by atoms with van der Waals surface area (Å²) in [6.07, 6.45) is 0. The van der Waals surface area contributed by atoms with Gasteiger partial charge in [0.05, 0.1) is 5.56 Å². The van der Waals surface area contributed by atoms with Gasteiger partial charge >= 0.3 is 0 Å². The standard InChI is InChI=1S/C13H12FNO2S/c1-8-6-18-7-9(8)5-15-13(17)11-4-10(14)2-3-12(11)16/h2-4,6-7,16H,5H2,1H3,(H,15,17). The minimum Gasteiger partial charge on any atom is -0.507 e. The van der Waals surface area contributed by atoms with Crippen molar-refractivity contribution in [2.24, 2.45) is 0 Å². The fraction of sp³-hybridized carbons (Fsp3) is 0.154. The van der Waals surface area contributed by atoms with E-state index >= 15 is 0 Å². The van der Waals surface area contributed by atoms with E-state index in [1.54, 1.807) is 11.3 Å². The van der Waals surface area contributed by atoms with Crippen LogP contribution in [0.15, 0.2) is 29.0 Å². The third-order valence-corrected chi connectivity index (χ3v) is 3.51. The van der Waals surface area contributed by atoms with Crippen molar-refractivity contribution in [2.75, 3.05) is 0 Å². The van der Waals surface area contributed by atoms with Crippen molar-refractivity contribution in [1.29, 1.82) is 0 Å². The molecule has 1 amide bonds. The number of aryl methyl sites for hydroxylation is 1. The second-order valence-electron chi connectivity index (χ2n) is 3.92. The second-order valence-corrected chi connectivity index (χ2v) is 4.67. The number of phenolic OH excluding ortho intramolecular Hbond substituents is 1. The summed E-state index contributed by atoms with van der Waals surface area (Å²) >= 11 is 1.56. The number of halogens is 1. The molecule has 1 heterocycles. The van der Waals surface area contributed by atoms with E-state index in [0.717, 1.165) is 23.3 Å². The Labute approximate surface area is 108 Å². The van der Waals surface area contributed by atoms with Crippen LogP contribution in [0.1, 0.15) is 21.5 Å². The van der Waals surface area contributed by atoms with Gasteiger partial charge in [-0.3, -0.25) is 4.79 Å². The van der Waals surface area contributed by atoms with Gasteiger partial charge in [-0.2, -0.15) is 11.3 Å². The molecule has 1 aromatic carbocycles. The number of amides is 1. The number of carbonyl (C=O) groups excluding carboxylic acids is 1. The quantitative estimate of drug-likeness (QED) is 0.896. The number of rotatable bonds is 3. The molecule has 0 atom stereocenters. The highest BCUT2D eigenvalue weighted by Crippen LogP contribution is 2.18. The van der Waals surface area contributed by atoms with Crippen LogP contribution in [0, 0.1) is 12.7 Å². The summed E-state index contributed by atoms with van der Waals surface area (Å²) < 4.78 is 13.0. The first-order valence-electron chi connectivity index (χ1n) is 5.36. The molecule has 2 N–H and O–H groups in total. The fourth-order valence-electron chi connectivity index (χ4n) is 1.53. The van der Waals surface area contributed by atoms with Gasteiger partial charge in [0, 0.05) is 6.54 Å². The van der Waals surface area contributed by atoms with Crippen LogP contribution in [0.5, 0.6) is 5.75 Å². The average molecular weight is 265 g/mol. The molecule has 2 aromatic rings. The molecule has 5 heteroatoms. The lowest BCUT2D eigenvalue weighted by Gasteiger charge is -2.06. The first-order chi connectivity index (χ1) is 8.58. The summed E-state index contributed by atoms with van der Waals surface area (Å²) in [7, 11) is 0. The molecule has 3 nitrogen and oxygen atoms in total. The number of benzene rings is 1. The molecule has 0 saturated heterocycles. The predicted octanol–water partition coefficient (Wildman–Crippen LogP) is 2.83. The lowest BCUT2D eigenvalue weighted by molar-refractivity contribution is 0.0948. The first-order valence-corrected chi connectivity index (χ1v) is 6.30. The Hall–Kier alpha value is -1.88. The maximum Gasteiger partial charge on any atom is 0.255 e. The number of hydrogen-bond donors (Lipinski definition) is 2. The maximum absolute atomic E-state index is 13.0. The fourth-order valence-corrected chi connectivity index (χ4v) is 2.39. The van der Waals surface area contributed by atoms with Crippen LogP contribution in [-0.2, 0) is 6.54 Å². The van der Waals surface area contributed by atoms with Crippen LogP contribution in [-0.4, -0.2) is 11.0 Å². The van der Waals surface area contributed by atoms with Gasteiger partial charge in [0.25, 0.3) is 5.91 Å². The molecule has 2 rings (SSSR count). The molecule has 94 valence electrons. The van der Waals surface area contributed by atoms with Crippen LogP contribution in [0.25, 0.3) is 0 Å². The highest BCUT2D eigenvalue weighted by atomic mass is 32.1. The summed E-state index contributed by atoms with van der Waals surface area (Å²) in [6, 6.07) is 3.29. The Balaban J connectivity index is 2.08. The van der Waals surface area contributed by atoms with Gasteiger partial charge in [-0.1, -0.05) is 0 Å². The summed E-state index contributed by atoms with van der Waals surface area (Å²) in [5, 5.41) is 16.1. The molecular weight excluding hydrogens is 253 g/mol. The van der Waals surface area contributed by atoms with Crippen LogP contribution >= 0.6 is 11.3 Å². The molecular formula is C13H12FNO2S. The van der Waals surface area contributed by atoms with E-state index in [1.165, 1.54) is 6.07 Å². The second kappa shape index (κ2) is 5.18. The number of thiophene rings is 1. The number of nitrogens with one attached hydrogen (secondary N) is 1. The zero-order valence-electron chi connectivity index (χ0n) is 9.74. The molecule has 0 radical (unpaired) electrons. The third-order valence-electron chi connectivity index (χ3n) is 2.60. The summed E-state index contributed by atoms with van der Waals surface area (Å²) in [4.78, 5) is 11.8.